The maximum absolute atomic E-state index is 12.3. The summed E-state index contributed by atoms with van der Waals surface area (Å²) >= 11 is 0. The number of oxime groups is 1. The Morgan fingerprint density at radius 1 is 1.07 bits per heavy atom. The third-order valence-electron chi connectivity index (χ3n) is 4.39. The van der Waals surface area contributed by atoms with E-state index in [0.717, 1.165) is 24.8 Å². The topological polar surface area (TPSA) is 103 Å². The molecule has 0 saturated heterocycles. The van der Waals surface area contributed by atoms with Crippen molar-refractivity contribution in [2.75, 3.05) is 0 Å². The van der Waals surface area contributed by atoms with Crippen molar-refractivity contribution in [3.8, 4) is 0 Å². The van der Waals surface area contributed by atoms with Crippen LogP contribution in [0.2, 0.25) is 0 Å². The average molecular weight is 368 g/mol. The van der Waals surface area contributed by atoms with Crippen LogP contribution in [0.25, 0.3) is 0 Å². The summed E-state index contributed by atoms with van der Waals surface area (Å²) in [7, 11) is 0. The number of non-ortho nitro benzene ring substituents is 1. The highest BCUT2D eigenvalue weighted by atomic mass is 16.7. The van der Waals surface area contributed by atoms with E-state index >= 15 is 0 Å². The number of rotatable bonds is 7. The predicted molar refractivity (Wildman–Crippen MR) is 99.7 cm³/mol. The molecule has 1 aliphatic rings. The van der Waals surface area contributed by atoms with Crippen LogP contribution < -0.4 is 0 Å². The quantitative estimate of drug-likeness (QED) is 0.304. The molecule has 0 aliphatic carbocycles. The van der Waals surface area contributed by atoms with E-state index in [2.05, 4.69) is 17.2 Å². The molecule has 0 fully saturated rings. The minimum absolute atomic E-state index is 0.0134. The molecule has 1 heterocycles. The molecule has 0 N–H and O–H groups in total. The molecule has 0 radical (unpaired) electrons. The van der Waals surface area contributed by atoms with Gasteiger partial charge in [0.15, 0.2) is 0 Å². The Bertz CT molecular complexity index is 850. The number of unbranched alkanes of at least 4 members (excludes halogenated alkanes) is 1. The van der Waals surface area contributed by atoms with Crippen LogP contribution >= 0.6 is 0 Å². The number of hydrogen-bond donors (Lipinski definition) is 0. The van der Waals surface area contributed by atoms with E-state index in [9.17, 15) is 15.3 Å². The fourth-order valence-electron chi connectivity index (χ4n) is 2.94. The van der Waals surface area contributed by atoms with E-state index in [0.29, 0.717) is 16.3 Å². The lowest BCUT2D eigenvalue weighted by atomic mass is 9.91. The molecule has 0 aromatic heterocycles. The van der Waals surface area contributed by atoms with E-state index in [1.807, 2.05) is 6.07 Å². The zero-order valence-electron chi connectivity index (χ0n) is 14.9. The summed E-state index contributed by atoms with van der Waals surface area (Å²) in [6.45, 7) is 2.08. The first-order valence-corrected chi connectivity index (χ1v) is 8.81. The van der Waals surface area contributed by atoms with Crippen LogP contribution in [-0.2, 0) is 4.84 Å². The van der Waals surface area contributed by atoms with Gasteiger partial charge in [-0.25, -0.2) is 0 Å². The van der Waals surface area contributed by atoms with Gasteiger partial charge in [-0.1, -0.05) is 48.0 Å². The Balaban J connectivity index is 1.84. The highest BCUT2D eigenvalue weighted by Crippen LogP contribution is 2.30. The van der Waals surface area contributed by atoms with Gasteiger partial charge in [0.2, 0.25) is 5.69 Å². The van der Waals surface area contributed by atoms with Crippen LogP contribution in [0.3, 0.4) is 0 Å². The van der Waals surface area contributed by atoms with Crippen molar-refractivity contribution in [3.63, 3.8) is 0 Å². The molecule has 0 amide bonds. The molecule has 0 bridgehead atoms. The van der Waals surface area contributed by atoms with E-state index in [1.165, 1.54) is 12.1 Å². The Labute approximate surface area is 156 Å². The van der Waals surface area contributed by atoms with Crippen LogP contribution in [0.15, 0.2) is 64.9 Å². The van der Waals surface area contributed by atoms with E-state index < -0.39 is 11.2 Å². The summed E-state index contributed by atoms with van der Waals surface area (Å²) in [6, 6.07) is 14.9. The Morgan fingerprint density at radius 3 is 2.41 bits per heavy atom. The summed E-state index contributed by atoms with van der Waals surface area (Å²) in [4.78, 5) is 16.4. The number of azo groups is 1. The first-order valence-electron chi connectivity index (χ1n) is 8.81. The van der Waals surface area contributed by atoms with Gasteiger partial charge in [-0.3, -0.25) is 10.1 Å². The van der Waals surface area contributed by atoms with Crippen LogP contribution in [0.1, 0.15) is 31.7 Å². The van der Waals surface area contributed by atoms with Gasteiger partial charge in [0.05, 0.1) is 16.6 Å². The zero-order valence-corrected chi connectivity index (χ0v) is 14.9. The monoisotopic (exact) mass is 368 g/mol. The van der Waals surface area contributed by atoms with E-state index in [1.54, 1.807) is 36.4 Å². The fraction of sp³-hybridized carbons (Fsp3) is 0.316. The molecule has 2 aromatic carbocycles. The SMILES string of the molecule is CCCC[C@H]1C(c2ccc([N+](=O)[O-])cc2)=NO[C@H]1/N=[N+](\[O-])c1ccccc1. The van der Waals surface area contributed by atoms with E-state index in [-0.39, 0.29) is 11.6 Å². The van der Waals surface area contributed by atoms with Crippen LogP contribution in [0.5, 0.6) is 0 Å². The van der Waals surface area contributed by atoms with Crippen molar-refractivity contribution in [1.82, 2.24) is 0 Å². The van der Waals surface area contributed by atoms with Gasteiger partial charge >= 0.3 is 0 Å². The fourth-order valence-corrected chi connectivity index (χ4v) is 2.94. The largest absolute Gasteiger partial charge is 0.594 e. The molecule has 1 aliphatic heterocycles. The Morgan fingerprint density at radius 2 is 1.78 bits per heavy atom. The van der Waals surface area contributed by atoms with Gasteiger partial charge in [0.25, 0.3) is 11.9 Å². The highest BCUT2D eigenvalue weighted by Gasteiger charge is 2.37. The molecule has 27 heavy (non-hydrogen) atoms. The first kappa shape index (κ1) is 18.5. The van der Waals surface area contributed by atoms with Crippen molar-refractivity contribution in [1.29, 1.82) is 0 Å². The smallest absolute Gasteiger partial charge is 0.286 e. The lowest BCUT2D eigenvalue weighted by Gasteiger charge is -2.14. The normalized spacial score (nSPS) is 19.4. The van der Waals surface area contributed by atoms with Crippen LogP contribution in [-0.4, -0.2) is 21.7 Å². The number of para-hydroxylation sites is 1. The van der Waals surface area contributed by atoms with Gasteiger partial charge in [0, 0.05) is 34.9 Å². The van der Waals surface area contributed by atoms with Crippen molar-refractivity contribution in [2.24, 2.45) is 16.2 Å². The molecular weight excluding hydrogens is 348 g/mol. The van der Waals surface area contributed by atoms with Gasteiger partial charge < -0.3 is 10.0 Å². The molecule has 0 unspecified atom stereocenters. The number of nitrogens with zero attached hydrogens (tertiary/aromatic N) is 4. The molecule has 2 aromatic rings. The van der Waals surface area contributed by atoms with Gasteiger partial charge in [0.1, 0.15) is 0 Å². The van der Waals surface area contributed by atoms with Crippen molar-refractivity contribution in [3.05, 3.63) is 75.5 Å². The molecule has 2 atom stereocenters. The third-order valence-corrected chi connectivity index (χ3v) is 4.39. The predicted octanol–water partition coefficient (Wildman–Crippen LogP) is 4.76. The van der Waals surface area contributed by atoms with Crippen molar-refractivity contribution in [2.45, 2.75) is 32.4 Å². The zero-order chi connectivity index (χ0) is 19.2. The summed E-state index contributed by atoms with van der Waals surface area (Å²) in [5.41, 5.74) is 1.82. The summed E-state index contributed by atoms with van der Waals surface area (Å²) in [6.07, 6.45) is 1.94. The number of nitro benzene ring substituents is 1. The lowest BCUT2D eigenvalue weighted by molar-refractivity contribution is -0.453. The molecule has 8 heteroatoms. The second-order valence-corrected chi connectivity index (χ2v) is 6.25. The first-order chi connectivity index (χ1) is 13.1. The van der Waals surface area contributed by atoms with Crippen molar-refractivity contribution < 1.29 is 14.6 Å². The Kier molecular flexibility index (Phi) is 5.75. The molecule has 8 nitrogen and oxygen atoms in total. The highest BCUT2D eigenvalue weighted by molar-refractivity contribution is 6.03. The van der Waals surface area contributed by atoms with Crippen molar-refractivity contribution >= 4 is 17.1 Å². The minimum atomic E-state index is -0.723. The summed E-state index contributed by atoms with van der Waals surface area (Å²) in [5, 5.41) is 31.4. The molecule has 140 valence electrons. The average Bonchev–Trinajstić information content (AvgIpc) is 3.09. The maximum Gasteiger partial charge on any atom is 0.286 e. The summed E-state index contributed by atoms with van der Waals surface area (Å²) in [5.74, 6) is -0.188. The minimum Gasteiger partial charge on any atom is -0.594 e. The molecule has 0 spiro atoms. The van der Waals surface area contributed by atoms with Gasteiger partial charge in [-0.05, 0) is 18.6 Å². The molecule has 3 rings (SSSR count). The maximum atomic E-state index is 12.3. The standard InChI is InChI=1S/C19H20N4O4/c1-2-3-9-17-18(14-10-12-16(13-11-14)23(25)26)21-27-19(17)20-22(24)15-7-5-4-6-8-15/h4-8,10-13,17,19H,2-3,9H2,1H3/b22-20-/t17-,19+/m0/s1. The number of nitro groups is 1. The van der Waals surface area contributed by atoms with Crippen LogP contribution in [0.4, 0.5) is 11.4 Å². The second-order valence-electron chi connectivity index (χ2n) is 6.25. The van der Waals surface area contributed by atoms with Gasteiger partial charge in [-0.15, -0.1) is 0 Å². The second kappa shape index (κ2) is 8.39. The molecule has 0 saturated carbocycles. The number of hydrogen-bond acceptors (Lipinski definition) is 6. The lowest BCUT2D eigenvalue weighted by Crippen LogP contribution is -2.23. The number of benzene rings is 2. The Hall–Kier alpha value is -3.29. The summed E-state index contributed by atoms with van der Waals surface area (Å²) < 4.78 is 0. The van der Waals surface area contributed by atoms with Crippen LogP contribution in [0, 0.1) is 21.2 Å². The van der Waals surface area contributed by atoms with E-state index in [4.69, 9.17) is 4.84 Å². The third kappa shape index (κ3) is 4.28. The molecular formula is C19H20N4O4. The van der Waals surface area contributed by atoms with Gasteiger partial charge in [-0.2, -0.15) is 0 Å².